The summed E-state index contributed by atoms with van der Waals surface area (Å²) < 4.78 is 123. The molecule has 0 aliphatic heterocycles. The molecule has 0 amide bonds. The van der Waals surface area contributed by atoms with Gasteiger partial charge in [-0.25, -0.2) is 8.78 Å². The van der Waals surface area contributed by atoms with E-state index in [2.05, 4.69) is 0 Å². The van der Waals surface area contributed by atoms with E-state index in [1.165, 1.54) is 0 Å². The number of alkyl halides is 6. The van der Waals surface area contributed by atoms with Crippen molar-refractivity contribution in [3.63, 3.8) is 0 Å². The fraction of sp³-hybridized carbons (Fsp3) is 0.556. The maximum absolute atomic E-state index is 13.2. The molecule has 0 radical (unpaired) electrons. The zero-order valence-electron chi connectivity index (χ0n) is 9.80. The van der Waals surface area contributed by atoms with Crippen molar-refractivity contribution in [2.45, 2.75) is 31.9 Å². The fourth-order valence-corrected chi connectivity index (χ4v) is 2.74. The van der Waals surface area contributed by atoms with Gasteiger partial charge in [0.2, 0.25) is 11.7 Å². The maximum atomic E-state index is 13.2. The highest BCUT2D eigenvalue weighted by atomic mass is 31.1. The SMILES string of the molecule is CC(C)P(/C(F)=C(/F)C(F)(F)F)/C(F)=C(/F)C(F)(F)F. The third-order valence-corrected chi connectivity index (χ3v) is 4.07. The second kappa shape index (κ2) is 6.32. The number of halogens is 10. The van der Waals surface area contributed by atoms with Crippen LogP contribution in [0.2, 0.25) is 0 Å². The van der Waals surface area contributed by atoms with Crippen molar-refractivity contribution in [3.05, 3.63) is 22.8 Å². The van der Waals surface area contributed by atoms with Gasteiger partial charge in [-0.05, 0) is 5.66 Å². The van der Waals surface area contributed by atoms with Gasteiger partial charge in [0.25, 0.3) is 0 Å². The van der Waals surface area contributed by atoms with Crippen LogP contribution in [0.3, 0.4) is 0 Å². The normalized spacial score (nSPS) is 16.5. The van der Waals surface area contributed by atoms with Gasteiger partial charge in [0.05, 0.1) is 0 Å². The first-order chi connectivity index (χ1) is 8.71. The summed E-state index contributed by atoms with van der Waals surface area (Å²) in [5, 5.41) is 0. The van der Waals surface area contributed by atoms with Gasteiger partial charge in [-0.3, -0.25) is 0 Å². The van der Waals surface area contributed by atoms with E-state index in [0.29, 0.717) is 0 Å². The molecule has 0 aliphatic carbocycles. The van der Waals surface area contributed by atoms with Crippen LogP contribution in [0.25, 0.3) is 0 Å². The van der Waals surface area contributed by atoms with Crippen molar-refractivity contribution in [1.82, 2.24) is 0 Å². The van der Waals surface area contributed by atoms with Crippen LogP contribution >= 0.6 is 7.92 Å². The third kappa shape index (κ3) is 4.64. The first-order valence-corrected chi connectivity index (χ1v) is 6.16. The van der Waals surface area contributed by atoms with Gasteiger partial charge in [0, 0.05) is 7.92 Å². The summed E-state index contributed by atoms with van der Waals surface area (Å²) in [6, 6.07) is 0. The summed E-state index contributed by atoms with van der Waals surface area (Å²) in [5.41, 5.74) is -7.08. The van der Waals surface area contributed by atoms with Crippen LogP contribution in [-0.2, 0) is 0 Å². The molecule has 0 nitrogen and oxygen atoms in total. The molecule has 0 aliphatic rings. The second-order valence-electron chi connectivity index (χ2n) is 3.67. The maximum Gasteiger partial charge on any atom is 0.445 e. The largest absolute Gasteiger partial charge is 0.445 e. The molecular weight excluding hydrogens is 329 g/mol. The van der Waals surface area contributed by atoms with E-state index in [1.807, 2.05) is 0 Å². The molecule has 0 rings (SSSR count). The van der Waals surface area contributed by atoms with E-state index >= 15 is 0 Å². The number of allylic oxidation sites excluding steroid dienone is 2. The average molecular weight is 336 g/mol. The Bertz CT molecular complexity index is 377. The van der Waals surface area contributed by atoms with Crippen molar-refractivity contribution in [2.24, 2.45) is 0 Å². The summed E-state index contributed by atoms with van der Waals surface area (Å²) in [4.78, 5) is 0. The lowest BCUT2D eigenvalue weighted by Gasteiger charge is -2.20. The Labute approximate surface area is 107 Å². The Morgan fingerprint density at radius 1 is 0.700 bits per heavy atom. The van der Waals surface area contributed by atoms with E-state index in [9.17, 15) is 43.9 Å². The van der Waals surface area contributed by atoms with Crippen LogP contribution in [0.5, 0.6) is 0 Å². The van der Waals surface area contributed by atoms with E-state index < -0.39 is 48.7 Å². The highest BCUT2D eigenvalue weighted by Gasteiger charge is 2.45. The van der Waals surface area contributed by atoms with Crippen LogP contribution in [0, 0.1) is 0 Å². The van der Waals surface area contributed by atoms with E-state index in [-0.39, 0.29) is 0 Å². The molecule has 0 heterocycles. The van der Waals surface area contributed by atoms with Crippen LogP contribution in [-0.4, -0.2) is 18.0 Å². The van der Waals surface area contributed by atoms with E-state index in [1.54, 1.807) is 0 Å². The quantitative estimate of drug-likeness (QED) is 0.424. The van der Waals surface area contributed by atoms with E-state index in [4.69, 9.17) is 0 Å². The molecule has 0 atom stereocenters. The lowest BCUT2D eigenvalue weighted by Crippen LogP contribution is -2.13. The molecule has 0 saturated heterocycles. The molecule has 118 valence electrons. The average Bonchev–Trinajstić information content (AvgIpc) is 2.23. The smallest absolute Gasteiger partial charge is 0.203 e. The van der Waals surface area contributed by atoms with Crippen LogP contribution < -0.4 is 0 Å². The molecule has 0 spiro atoms. The van der Waals surface area contributed by atoms with Crippen LogP contribution in [0.4, 0.5) is 43.9 Å². The molecular formula is C9H7F10P. The lowest BCUT2D eigenvalue weighted by molar-refractivity contribution is -0.110. The molecule has 0 unspecified atom stereocenters. The molecule has 0 N–H and O–H groups in total. The third-order valence-electron chi connectivity index (χ3n) is 1.80. The van der Waals surface area contributed by atoms with Crippen molar-refractivity contribution in [2.75, 3.05) is 0 Å². The topological polar surface area (TPSA) is 0 Å². The minimum atomic E-state index is -5.84. The Kier molecular flexibility index (Phi) is 6.07. The highest BCUT2D eigenvalue weighted by Crippen LogP contribution is 2.61. The first kappa shape index (κ1) is 19.2. The van der Waals surface area contributed by atoms with Crippen molar-refractivity contribution < 1.29 is 43.9 Å². The van der Waals surface area contributed by atoms with Gasteiger partial charge in [-0.15, -0.1) is 0 Å². The molecule has 0 bridgehead atoms. The van der Waals surface area contributed by atoms with Crippen LogP contribution in [0.15, 0.2) is 22.8 Å². The summed E-state index contributed by atoms with van der Waals surface area (Å²) in [5.74, 6) is -6.75. The predicted octanol–water partition coefficient (Wildman–Crippen LogP) is 6.22. The van der Waals surface area contributed by atoms with Gasteiger partial charge in [-0.2, -0.15) is 35.1 Å². The van der Waals surface area contributed by atoms with Crippen molar-refractivity contribution in [1.29, 1.82) is 0 Å². The van der Waals surface area contributed by atoms with Gasteiger partial charge in [-0.1, -0.05) is 13.8 Å². The van der Waals surface area contributed by atoms with Gasteiger partial charge < -0.3 is 0 Å². The Balaban J connectivity index is 5.97. The summed E-state index contributed by atoms with van der Waals surface area (Å²) in [6.45, 7) is 1.66. The number of rotatable bonds is 3. The van der Waals surface area contributed by atoms with Crippen molar-refractivity contribution in [3.8, 4) is 0 Å². The monoisotopic (exact) mass is 336 g/mol. The molecule has 0 saturated carbocycles. The Morgan fingerprint density at radius 3 is 1.10 bits per heavy atom. The van der Waals surface area contributed by atoms with Crippen LogP contribution in [0.1, 0.15) is 13.8 Å². The molecule has 11 heteroatoms. The summed E-state index contributed by atoms with van der Waals surface area (Å²) in [6.07, 6.45) is -11.7. The first-order valence-electron chi connectivity index (χ1n) is 4.75. The summed E-state index contributed by atoms with van der Waals surface area (Å²) in [7, 11) is -3.71. The highest BCUT2D eigenvalue weighted by molar-refractivity contribution is 7.66. The van der Waals surface area contributed by atoms with Crippen molar-refractivity contribution >= 4 is 7.92 Å². The van der Waals surface area contributed by atoms with Gasteiger partial charge in [0.15, 0.2) is 11.1 Å². The molecule has 20 heavy (non-hydrogen) atoms. The zero-order valence-corrected chi connectivity index (χ0v) is 10.7. The van der Waals surface area contributed by atoms with Gasteiger partial charge >= 0.3 is 12.4 Å². The molecule has 0 aromatic rings. The fourth-order valence-electron chi connectivity index (χ4n) is 0.985. The summed E-state index contributed by atoms with van der Waals surface area (Å²) >= 11 is 0. The molecule has 0 aromatic heterocycles. The standard InChI is InChI=1S/C9H7F10P/c1-3(2)20(6(12)4(10)8(14,15)16)7(13)5(11)9(17,18)19/h3H,1-2H3/b6-4+,7-5+. The van der Waals surface area contributed by atoms with Gasteiger partial charge in [0.1, 0.15) is 0 Å². The number of hydrogen-bond acceptors (Lipinski definition) is 0. The lowest BCUT2D eigenvalue weighted by atomic mass is 10.6. The zero-order chi connectivity index (χ0) is 16.5. The Hall–Kier alpha value is -0.790. The Morgan fingerprint density at radius 2 is 0.950 bits per heavy atom. The van der Waals surface area contributed by atoms with E-state index in [0.717, 1.165) is 13.8 Å². The molecule has 0 fully saturated rings. The predicted molar refractivity (Wildman–Crippen MR) is 52.7 cm³/mol. The molecule has 0 aromatic carbocycles. The second-order valence-corrected chi connectivity index (χ2v) is 6.23. The number of hydrogen-bond donors (Lipinski definition) is 0. The minimum Gasteiger partial charge on any atom is -0.203 e. The minimum absolute atomic E-state index is 0.832.